The molecule has 0 aromatic rings. The maximum Gasteiger partial charge on any atom is 0.102 e. The van der Waals surface area contributed by atoms with Crippen LogP contribution < -0.4 is 0 Å². The zero-order chi connectivity index (χ0) is 7.98. The zero-order valence-electron chi connectivity index (χ0n) is 7.23. The number of allylic oxidation sites excluding steroid dienone is 2. The van der Waals surface area contributed by atoms with E-state index in [0.717, 1.165) is 18.1 Å². The van der Waals surface area contributed by atoms with Crippen LogP contribution in [-0.4, -0.2) is 12.4 Å². The second-order valence-corrected chi connectivity index (χ2v) is 3.46. The SMILES string of the molecule is CCO/C(C)=C(\C)SCC. The van der Waals surface area contributed by atoms with Gasteiger partial charge in [0.15, 0.2) is 0 Å². The lowest BCUT2D eigenvalue weighted by atomic mass is 10.5. The fourth-order valence-corrected chi connectivity index (χ4v) is 1.33. The maximum absolute atomic E-state index is 5.31. The summed E-state index contributed by atoms with van der Waals surface area (Å²) in [4.78, 5) is 1.30. The topological polar surface area (TPSA) is 9.23 Å². The van der Waals surface area contributed by atoms with E-state index in [1.54, 1.807) is 0 Å². The van der Waals surface area contributed by atoms with Gasteiger partial charge in [0.05, 0.1) is 6.61 Å². The molecular formula is C8H16OS. The summed E-state index contributed by atoms with van der Waals surface area (Å²) in [5, 5.41) is 0. The molecule has 0 saturated carbocycles. The zero-order valence-corrected chi connectivity index (χ0v) is 8.05. The first kappa shape index (κ1) is 9.89. The Labute approximate surface area is 67.8 Å². The van der Waals surface area contributed by atoms with Crippen molar-refractivity contribution in [3.8, 4) is 0 Å². The third-order valence-corrected chi connectivity index (χ3v) is 2.23. The van der Waals surface area contributed by atoms with E-state index in [-0.39, 0.29) is 0 Å². The van der Waals surface area contributed by atoms with Crippen molar-refractivity contribution in [3.63, 3.8) is 0 Å². The molecule has 0 aliphatic heterocycles. The van der Waals surface area contributed by atoms with E-state index in [1.165, 1.54) is 4.91 Å². The van der Waals surface area contributed by atoms with Crippen LogP contribution in [0.3, 0.4) is 0 Å². The van der Waals surface area contributed by atoms with Gasteiger partial charge in [0.2, 0.25) is 0 Å². The molecular weight excluding hydrogens is 144 g/mol. The van der Waals surface area contributed by atoms with Crippen LogP contribution in [0.1, 0.15) is 27.7 Å². The summed E-state index contributed by atoms with van der Waals surface area (Å²) in [7, 11) is 0. The molecule has 0 radical (unpaired) electrons. The fraction of sp³-hybridized carbons (Fsp3) is 0.750. The van der Waals surface area contributed by atoms with E-state index in [4.69, 9.17) is 4.74 Å². The molecule has 10 heavy (non-hydrogen) atoms. The second kappa shape index (κ2) is 5.66. The summed E-state index contributed by atoms with van der Waals surface area (Å²) < 4.78 is 5.31. The van der Waals surface area contributed by atoms with Gasteiger partial charge in [-0.15, -0.1) is 11.8 Å². The number of thioether (sulfide) groups is 1. The first-order valence-electron chi connectivity index (χ1n) is 3.65. The average molecular weight is 160 g/mol. The average Bonchev–Trinajstić information content (AvgIpc) is 1.89. The Morgan fingerprint density at radius 2 is 1.90 bits per heavy atom. The van der Waals surface area contributed by atoms with E-state index in [1.807, 2.05) is 25.6 Å². The van der Waals surface area contributed by atoms with Crippen molar-refractivity contribution in [2.75, 3.05) is 12.4 Å². The van der Waals surface area contributed by atoms with E-state index in [0.29, 0.717) is 0 Å². The van der Waals surface area contributed by atoms with E-state index >= 15 is 0 Å². The number of rotatable bonds is 4. The molecule has 0 aromatic carbocycles. The Hall–Kier alpha value is -0.110. The van der Waals surface area contributed by atoms with Gasteiger partial charge in [0, 0.05) is 4.91 Å². The van der Waals surface area contributed by atoms with Gasteiger partial charge in [-0.05, 0) is 26.5 Å². The standard InChI is InChI=1S/C8H16OS/c1-5-9-7(3)8(4)10-6-2/h5-6H2,1-4H3/b8-7+. The molecule has 0 aliphatic carbocycles. The lowest BCUT2D eigenvalue weighted by Gasteiger charge is -2.06. The summed E-state index contributed by atoms with van der Waals surface area (Å²) >= 11 is 1.83. The summed E-state index contributed by atoms with van der Waals surface area (Å²) in [6, 6.07) is 0. The quantitative estimate of drug-likeness (QED) is 0.585. The molecule has 2 heteroatoms. The van der Waals surface area contributed by atoms with Crippen LogP contribution in [0.15, 0.2) is 10.7 Å². The van der Waals surface area contributed by atoms with Crippen LogP contribution in [0.2, 0.25) is 0 Å². The summed E-state index contributed by atoms with van der Waals surface area (Å²) in [6.45, 7) is 9.04. The van der Waals surface area contributed by atoms with E-state index in [9.17, 15) is 0 Å². The number of ether oxygens (including phenoxy) is 1. The molecule has 0 aromatic heterocycles. The van der Waals surface area contributed by atoms with Gasteiger partial charge >= 0.3 is 0 Å². The predicted molar refractivity (Wildman–Crippen MR) is 48.1 cm³/mol. The molecule has 0 heterocycles. The van der Waals surface area contributed by atoms with Gasteiger partial charge in [-0.25, -0.2) is 0 Å². The molecule has 0 fully saturated rings. The van der Waals surface area contributed by atoms with Gasteiger partial charge in [-0.1, -0.05) is 6.92 Å². The predicted octanol–water partition coefficient (Wildman–Crippen LogP) is 3.03. The van der Waals surface area contributed by atoms with Gasteiger partial charge in [-0.2, -0.15) is 0 Å². The molecule has 0 amide bonds. The molecule has 0 saturated heterocycles. The van der Waals surface area contributed by atoms with Crippen molar-refractivity contribution in [1.29, 1.82) is 0 Å². The fourth-order valence-electron chi connectivity index (χ4n) is 0.636. The van der Waals surface area contributed by atoms with Crippen molar-refractivity contribution in [3.05, 3.63) is 10.7 Å². The van der Waals surface area contributed by atoms with Gasteiger partial charge in [-0.3, -0.25) is 0 Å². The minimum Gasteiger partial charge on any atom is -0.498 e. The second-order valence-electron chi connectivity index (χ2n) is 1.98. The highest BCUT2D eigenvalue weighted by molar-refractivity contribution is 8.03. The van der Waals surface area contributed by atoms with Gasteiger partial charge < -0.3 is 4.74 Å². The van der Waals surface area contributed by atoms with Gasteiger partial charge in [0.25, 0.3) is 0 Å². The molecule has 0 N–H and O–H groups in total. The minimum atomic E-state index is 0.771. The van der Waals surface area contributed by atoms with Crippen molar-refractivity contribution < 1.29 is 4.74 Å². The van der Waals surface area contributed by atoms with Crippen LogP contribution in [0.4, 0.5) is 0 Å². The largest absolute Gasteiger partial charge is 0.498 e. The summed E-state index contributed by atoms with van der Waals surface area (Å²) in [6.07, 6.45) is 0. The van der Waals surface area contributed by atoms with Gasteiger partial charge in [0.1, 0.15) is 5.76 Å². The smallest absolute Gasteiger partial charge is 0.102 e. The molecule has 0 bridgehead atoms. The van der Waals surface area contributed by atoms with Crippen molar-refractivity contribution in [2.24, 2.45) is 0 Å². The molecule has 0 spiro atoms. The summed E-state index contributed by atoms with van der Waals surface area (Å²) in [5.41, 5.74) is 0. The third-order valence-electron chi connectivity index (χ3n) is 1.22. The highest BCUT2D eigenvalue weighted by Gasteiger charge is 1.94. The normalized spacial score (nSPS) is 12.8. The molecule has 1 nitrogen and oxygen atoms in total. The lowest BCUT2D eigenvalue weighted by Crippen LogP contribution is -1.88. The monoisotopic (exact) mass is 160 g/mol. The number of hydrogen-bond donors (Lipinski definition) is 0. The highest BCUT2D eigenvalue weighted by Crippen LogP contribution is 2.18. The Morgan fingerprint density at radius 1 is 1.30 bits per heavy atom. The Bertz CT molecular complexity index is 104. The number of hydrogen-bond acceptors (Lipinski definition) is 2. The molecule has 0 unspecified atom stereocenters. The first-order valence-corrected chi connectivity index (χ1v) is 4.64. The van der Waals surface area contributed by atoms with Crippen molar-refractivity contribution in [1.82, 2.24) is 0 Å². The Morgan fingerprint density at radius 3 is 2.30 bits per heavy atom. The molecule has 0 aliphatic rings. The Balaban J connectivity index is 3.79. The van der Waals surface area contributed by atoms with Crippen LogP contribution in [0.5, 0.6) is 0 Å². The Kier molecular flexibility index (Phi) is 5.60. The van der Waals surface area contributed by atoms with Crippen LogP contribution in [-0.2, 0) is 4.74 Å². The summed E-state index contributed by atoms with van der Waals surface area (Å²) in [5.74, 6) is 2.19. The maximum atomic E-state index is 5.31. The third kappa shape index (κ3) is 3.83. The lowest BCUT2D eigenvalue weighted by molar-refractivity contribution is 0.230. The van der Waals surface area contributed by atoms with Crippen LogP contribution >= 0.6 is 11.8 Å². The minimum absolute atomic E-state index is 0.771. The van der Waals surface area contributed by atoms with E-state index in [2.05, 4.69) is 13.8 Å². The van der Waals surface area contributed by atoms with E-state index < -0.39 is 0 Å². The highest BCUT2D eigenvalue weighted by atomic mass is 32.2. The first-order chi connectivity index (χ1) is 4.72. The molecule has 60 valence electrons. The van der Waals surface area contributed by atoms with Crippen molar-refractivity contribution in [2.45, 2.75) is 27.7 Å². The van der Waals surface area contributed by atoms with Crippen molar-refractivity contribution >= 4 is 11.8 Å². The van der Waals surface area contributed by atoms with Crippen LogP contribution in [0, 0.1) is 0 Å². The molecule has 0 atom stereocenters. The molecule has 0 rings (SSSR count). The van der Waals surface area contributed by atoms with Crippen LogP contribution in [0.25, 0.3) is 0 Å².